The molecule has 30 heavy (non-hydrogen) atoms. The van der Waals surface area contributed by atoms with Gasteiger partial charge in [0.15, 0.2) is 0 Å². The number of hydrogen-bond acceptors (Lipinski definition) is 5. The molecule has 1 saturated heterocycles. The highest BCUT2D eigenvalue weighted by Gasteiger charge is 2.21. The molecule has 0 radical (unpaired) electrons. The number of carbonyl (C=O) groups is 1. The van der Waals surface area contributed by atoms with Gasteiger partial charge < -0.3 is 24.6 Å². The van der Waals surface area contributed by atoms with Gasteiger partial charge in [0, 0.05) is 56.3 Å². The van der Waals surface area contributed by atoms with Crippen LogP contribution in [0.3, 0.4) is 0 Å². The van der Waals surface area contributed by atoms with E-state index in [4.69, 9.17) is 9.47 Å². The normalized spacial score (nSPS) is 19.6. The molecule has 0 spiro atoms. The van der Waals surface area contributed by atoms with Gasteiger partial charge >= 0.3 is 0 Å². The van der Waals surface area contributed by atoms with Crippen LogP contribution in [0.4, 0.5) is 0 Å². The molecule has 166 valence electrons. The molecule has 1 fully saturated rings. The summed E-state index contributed by atoms with van der Waals surface area (Å²) in [5.41, 5.74) is 2.05. The molecule has 1 unspecified atom stereocenters. The third-order valence-corrected chi connectivity index (χ3v) is 5.86. The van der Waals surface area contributed by atoms with Crippen molar-refractivity contribution in [2.75, 3.05) is 52.4 Å². The number of fused-ring (bicyclic) bond motifs is 1. The number of rotatable bonds is 10. The van der Waals surface area contributed by atoms with Gasteiger partial charge in [-0.15, -0.1) is 0 Å². The number of carbonyl (C=O) groups excluding carboxylic acids is 1. The van der Waals surface area contributed by atoms with Gasteiger partial charge in [-0.25, -0.2) is 0 Å². The molecular formula is C24H37N3O3. The van der Waals surface area contributed by atoms with Crippen molar-refractivity contribution in [3.05, 3.63) is 29.3 Å². The van der Waals surface area contributed by atoms with E-state index in [1.54, 1.807) is 6.08 Å². The predicted molar refractivity (Wildman–Crippen MR) is 121 cm³/mol. The topological polar surface area (TPSA) is 54.0 Å². The fourth-order valence-electron chi connectivity index (χ4n) is 4.09. The molecule has 6 nitrogen and oxygen atoms in total. The van der Waals surface area contributed by atoms with E-state index < -0.39 is 0 Å². The van der Waals surface area contributed by atoms with Crippen molar-refractivity contribution < 1.29 is 14.3 Å². The van der Waals surface area contributed by atoms with Crippen molar-refractivity contribution >= 4 is 12.0 Å². The lowest BCUT2D eigenvalue weighted by molar-refractivity contribution is -0.116. The van der Waals surface area contributed by atoms with Crippen LogP contribution in [0.25, 0.3) is 6.08 Å². The molecule has 1 amide bonds. The SMILES string of the molecule is CCOc1cc2c(cc1/C=C/C(=O)NCCCCN1CCN(CC)CC1)OC(C)C2. The minimum atomic E-state index is -0.0659. The Bertz CT molecular complexity index is 727. The van der Waals surface area contributed by atoms with Crippen molar-refractivity contribution in [1.29, 1.82) is 0 Å². The van der Waals surface area contributed by atoms with Gasteiger partial charge in [-0.2, -0.15) is 0 Å². The van der Waals surface area contributed by atoms with Crippen molar-refractivity contribution in [3.63, 3.8) is 0 Å². The van der Waals surface area contributed by atoms with Crippen LogP contribution < -0.4 is 14.8 Å². The Kier molecular flexibility index (Phi) is 8.58. The molecular weight excluding hydrogens is 378 g/mol. The fraction of sp³-hybridized carbons (Fsp3) is 0.625. The third kappa shape index (κ3) is 6.47. The first-order chi connectivity index (χ1) is 14.6. The maximum atomic E-state index is 12.2. The largest absolute Gasteiger partial charge is 0.493 e. The summed E-state index contributed by atoms with van der Waals surface area (Å²) < 4.78 is 11.6. The number of likely N-dealkylation sites (N-methyl/N-ethyl adjacent to an activating group) is 1. The molecule has 0 bridgehead atoms. The van der Waals surface area contributed by atoms with Gasteiger partial charge in [-0.3, -0.25) is 4.79 Å². The molecule has 6 heteroatoms. The van der Waals surface area contributed by atoms with Crippen molar-refractivity contribution in [1.82, 2.24) is 15.1 Å². The highest BCUT2D eigenvalue weighted by atomic mass is 16.5. The number of nitrogens with zero attached hydrogens (tertiary/aromatic N) is 2. The van der Waals surface area contributed by atoms with Gasteiger partial charge in [0.1, 0.15) is 17.6 Å². The summed E-state index contributed by atoms with van der Waals surface area (Å²) in [5, 5.41) is 2.99. The average Bonchev–Trinajstić information content (AvgIpc) is 3.11. The van der Waals surface area contributed by atoms with Gasteiger partial charge in [0.05, 0.1) is 6.61 Å². The summed E-state index contributed by atoms with van der Waals surface area (Å²) in [4.78, 5) is 17.2. The Balaban J connectivity index is 1.40. The number of benzene rings is 1. The summed E-state index contributed by atoms with van der Waals surface area (Å²) in [6, 6.07) is 4.02. The number of amides is 1. The fourth-order valence-corrected chi connectivity index (χ4v) is 4.09. The maximum absolute atomic E-state index is 12.2. The van der Waals surface area contributed by atoms with Crippen molar-refractivity contribution in [2.45, 2.75) is 46.1 Å². The number of piperazine rings is 1. The van der Waals surface area contributed by atoms with Gasteiger partial charge in [0.25, 0.3) is 0 Å². The second-order valence-electron chi connectivity index (χ2n) is 8.17. The Labute approximate surface area is 181 Å². The third-order valence-electron chi connectivity index (χ3n) is 5.86. The molecule has 1 N–H and O–H groups in total. The van der Waals surface area contributed by atoms with Crippen LogP contribution in [0.5, 0.6) is 11.5 Å². The molecule has 2 aliphatic heterocycles. The molecule has 3 rings (SSSR count). The van der Waals surface area contributed by atoms with E-state index in [1.165, 1.54) is 18.7 Å². The summed E-state index contributed by atoms with van der Waals surface area (Å²) in [5.74, 6) is 1.63. The van der Waals surface area contributed by atoms with Crippen LogP contribution in [-0.2, 0) is 11.2 Å². The van der Waals surface area contributed by atoms with Crippen LogP contribution in [0, 0.1) is 0 Å². The molecule has 0 saturated carbocycles. The Morgan fingerprint density at radius 3 is 2.70 bits per heavy atom. The molecule has 2 heterocycles. The van der Waals surface area contributed by atoms with Crippen LogP contribution in [0.15, 0.2) is 18.2 Å². The van der Waals surface area contributed by atoms with E-state index in [0.717, 1.165) is 62.5 Å². The highest BCUT2D eigenvalue weighted by Crippen LogP contribution is 2.35. The number of ether oxygens (including phenoxy) is 2. The Hall–Kier alpha value is -2.05. The van der Waals surface area contributed by atoms with Crippen LogP contribution in [0.1, 0.15) is 44.7 Å². The average molecular weight is 416 g/mol. The van der Waals surface area contributed by atoms with Crippen molar-refractivity contribution in [2.24, 2.45) is 0 Å². The van der Waals surface area contributed by atoms with E-state index in [0.29, 0.717) is 13.2 Å². The molecule has 2 aliphatic rings. The van der Waals surface area contributed by atoms with E-state index in [9.17, 15) is 4.79 Å². The minimum Gasteiger partial charge on any atom is -0.493 e. The van der Waals surface area contributed by atoms with Crippen molar-refractivity contribution in [3.8, 4) is 11.5 Å². The maximum Gasteiger partial charge on any atom is 0.244 e. The zero-order chi connectivity index (χ0) is 21.3. The van der Waals surface area contributed by atoms with Gasteiger partial charge in [-0.1, -0.05) is 6.92 Å². The summed E-state index contributed by atoms with van der Waals surface area (Å²) >= 11 is 0. The smallest absolute Gasteiger partial charge is 0.244 e. The molecule has 1 atom stereocenters. The van der Waals surface area contributed by atoms with E-state index in [2.05, 4.69) is 29.0 Å². The van der Waals surface area contributed by atoms with Crippen LogP contribution in [0.2, 0.25) is 0 Å². The number of hydrogen-bond donors (Lipinski definition) is 1. The second kappa shape index (κ2) is 11.4. The quantitative estimate of drug-likeness (QED) is 0.470. The zero-order valence-electron chi connectivity index (χ0n) is 18.8. The lowest BCUT2D eigenvalue weighted by Crippen LogP contribution is -2.46. The lowest BCUT2D eigenvalue weighted by atomic mass is 10.1. The number of unbranched alkanes of at least 4 members (excludes halogenated alkanes) is 1. The molecule has 1 aromatic rings. The second-order valence-corrected chi connectivity index (χ2v) is 8.17. The van der Waals surface area contributed by atoms with Crippen LogP contribution >= 0.6 is 0 Å². The zero-order valence-corrected chi connectivity index (χ0v) is 18.8. The van der Waals surface area contributed by atoms with E-state index >= 15 is 0 Å². The van der Waals surface area contributed by atoms with E-state index in [1.807, 2.05) is 25.1 Å². The molecule has 0 aromatic heterocycles. The minimum absolute atomic E-state index is 0.0659. The summed E-state index contributed by atoms with van der Waals surface area (Å²) in [6.45, 7) is 14.5. The first-order valence-electron chi connectivity index (χ1n) is 11.5. The summed E-state index contributed by atoms with van der Waals surface area (Å²) in [7, 11) is 0. The van der Waals surface area contributed by atoms with Crippen LogP contribution in [-0.4, -0.2) is 74.2 Å². The Morgan fingerprint density at radius 1 is 1.20 bits per heavy atom. The molecule has 0 aliphatic carbocycles. The van der Waals surface area contributed by atoms with E-state index in [-0.39, 0.29) is 12.0 Å². The van der Waals surface area contributed by atoms with Gasteiger partial charge in [-0.05, 0) is 58.0 Å². The summed E-state index contributed by atoms with van der Waals surface area (Å²) in [6.07, 6.45) is 6.61. The predicted octanol–water partition coefficient (Wildman–Crippen LogP) is 2.96. The monoisotopic (exact) mass is 415 g/mol. The first kappa shape index (κ1) is 22.6. The molecule has 1 aromatic carbocycles. The Morgan fingerprint density at radius 2 is 1.97 bits per heavy atom. The first-order valence-corrected chi connectivity index (χ1v) is 11.5. The highest BCUT2D eigenvalue weighted by molar-refractivity contribution is 5.92. The number of nitrogens with one attached hydrogen (secondary N) is 1. The lowest BCUT2D eigenvalue weighted by Gasteiger charge is -2.33. The standard InChI is InChI=1S/C24H37N3O3/c1-4-26-12-14-27(15-13-26)11-7-6-10-25-24(28)9-8-20-17-23-21(16-19(3)30-23)18-22(20)29-5-2/h8-9,17-19H,4-7,10-16H2,1-3H3,(H,25,28)/b9-8+. The van der Waals surface area contributed by atoms with Gasteiger partial charge in [0.2, 0.25) is 5.91 Å².